The van der Waals surface area contributed by atoms with Crippen molar-refractivity contribution in [2.24, 2.45) is 0 Å². The summed E-state index contributed by atoms with van der Waals surface area (Å²) in [6.45, 7) is 9.63. The second kappa shape index (κ2) is 9.47. The third kappa shape index (κ3) is 4.43. The maximum absolute atomic E-state index is 10.9. The van der Waals surface area contributed by atoms with Gasteiger partial charge in [0.05, 0.1) is 16.3 Å². The molecule has 1 aromatic heterocycles. The highest BCUT2D eigenvalue weighted by molar-refractivity contribution is 6.33. The zero-order valence-electron chi connectivity index (χ0n) is 13.9. The van der Waals surface area contributed by atoms with E-state index in [2.05, 4.69) is 16.5 Å². The van der Waals surface area contributed by atoms with Gasteiger partial charge in [0.2, 0.25) is 5.95 Å². The molecule has 1 heterocycles. The number of hydrogen-bond donors (Lipinski definition) is 1. The van der Waals surface area contributed by atoms with Crippen molar-refractivity contribution < 1.29 is 9.90 Å². The summed E-state index contributed by atoms with van der Waals surface area (Å²) in [6.07, 6.45) is 6.00. The Morgan fingerprint density at radius 1 is 1.25 bits per heavy atom. The Kier molecular flexibility index (Phi) is 7.65. The summed E-state index contributed by atoms with van der Waals surface area (Å²) in [6, 6.07) is 7.24. The first-order valence-electron chi connectivity index (χ1n) is 7.47. The third-order valence-corrected chi connectivity index (χ3v) is 3.26. The fourth-order valence-corrected chi connectivity index (χ4v) is 2.10. The number of halogens is 1. The molecule has 6 heteroatoms. The molecule has 0 atom stereocenters. The minimum absolute atomic E-state index is 0.0171. The van der Waals surface area contributed by atoms with E-state index in [-0.39, 0.29) is 5.56 Å². The van der Waals surface area contributed by atoms with Crippen LogP contribution in [0.1, 0.15) is 31.1 Å². The number of para-hydroxylation sites is 1. The van der Waals surface area contributed by atoms with Crippen LogP contribution < -0.4 is 4.90 Å². The van der Waals surface area contributed by atoms with E-state index in [0.29, 0.717) is 16.7 Å². The molecule has 1 N–H and O–H groups in total. The Bertz CT molecular complexity index is 727. The summed E-state index contributed by atoms with van der Waals surface area (Å²) < 4.78 is 0. The standard InChI is InChI=1S/C16H14ClN3O2.C2H6/c1-3-12(4-2)20(14-8-6-5-7-13(14)17)16-18-9-11(10-19-16)15(21)22;1-2/h3-10H,1H2,2H3,(H,21,22);1-2H3/b12-4+;. The molecule has 0 aliphatic heterocycles. The van der Waals surface area contributed by atoms with E-state index in [1.165, 1.54) is 12.4 Å². The molecule has 5 nitrogen and oxygen atoms in total. The quantitative estimate of drug-likeness (QED) is 0.765. The van der Waals surface area contributed by atoms with Gasteiger partial charge in [-0.25, -0.2) is 14.8 Å². The molecule has 1 aromatic carbocycles. The van der Waals surface area contributed by atoms with Crippen molar-refractivity contribution in [1.29, 1.82) is 0 Å². The normalized spacial score (nSPS) is 10.4. The third-order valence-electron chi connectivity index (χ3n) is 2.94. The predicted octanol–water partition coefficient (Wildman–Crippen LogP) is 5.08. The maximum atomic E-state index is 10.9. The van der Waals surface area contributed by atoms with Crippen molar-refractivity contribution >= 4 is 29.2 Å². The fourth-order valence-electron chi connectivity index (χ4n) is 1.88. The number of carbonyl (C=O) groups is 1. The van der Waals surface area contributed by atoms with Gasteiger partial charge in [-0.1, -0.05) is 50.2 Å². The van der Waals surface area contributed by atoms with Gasteiger partial charge in [-0.15, -0.1) is 0 Å². The largest absolute Gasteiger partial charge is 0.478 e. The van der Waals surface area contributed by atoms with Crippen LogP contribution in [0.25, 0.3) is 0 Å². The molecule has 0 amide bonds. The van der Waals surface area contributed by atoms with Crippen molar-refractivity contribution in [3.8, 4) is 0 Å². The predicted molar refractivity (Wildman–Crippen MR) is 97.9 cm³/mol. The molecular weight excluding hydrogens is 326 g/mol. The van der Waals surface area contributed by atoms with Crippen molar-refractivity contribution in [3.63, 3.8) is 0 Å². The van der Waals surface area contributed by atoms with Crippen molar-refractivity contribution in [3.05, 3.63) is 71.7 Å². The number of benzene rings is 1. The van der Waals surface area contributed by atoms with Gasteiger partial charge >= 0.3 is 5.97 Å². The lowest BCUT2D eigenvalue weighted by atomic mass is 10.2. The van der Waals surface area contributed by atoms with Crippen molar-refractivity contribution in [2.75, 3.05) is 4.90 Å². The minimum atomic E-state index is -1.08. The van der Waals surface area contributed by atoms with Gasteiger partial charge in [-0.2, -0.15) is 0 Å². The van der Waals surface area contributed by atoms with E-state index >= 15 is 0 Å². The molecule has 0 fully saturated rings. The average Bonchev–Trinajstić information content (AvgIpc) is 2.62. The monoisotopic (exact) mass is 345 g/mol. The molecule has 0 aliphatic rings. The van der Waals surface area contributed by atoms with E-state index in [4.69, 9.17) is 16.7 Å². The molecule has 24 heavy (non-hydrogen) atoms. The van der Waals surface area contributed by atoms with E-state index in [1.54, 1.807) is 17.0 Å². The Morgan fingerprint density at radius 3 is 2.29 bits per heavy atom. The zero-order valence-corrected chi connectivity index (χ0v) is 14.7. The second-order valence-electron chi connectivity index (χ2n) is 4.28. The Balaban J connectivity index is 0.00000139. The Hall–Kier alpha value is -2.66. The smallest absolute Gasteiger partial charge is 0.338 e. The Labute approximate surface area is 146 Å². The Morgan fingerprint density at radius 2 is 1.83 bits per heavy atom. The van der Waals surface area contributed by atoms with Crippen LogP contribution in [-0.2, 0) is 0 Å². The number of hydrogen-bond acceptors (Lipinski definition) is 4. The van der Waals surface area contributed by atoms with Crippen LogP contribution in [0.4, 0.5) is 11.6 Å². The highest BCUT2D eigenvalue weighted by Gasteiger charge is 2.18. The average molecular weight is 346 g/mol. The SMILES string of the molecule is C=C/C(=C\C)N(c1ncc(C(=O)O)cn1)c1ccccc1Cl.CC. The summed E-state index contributed by atoms with van der Waals surface area (Å²) in [5, 5.41) is 9.46. The molecule has 0 spiro atoms. The first kappa shape index (κ1) is 19.4. The van der Waals surface area contributed by atoms with Crippen LogP contribution in [-0.4, -0.2) is 21.0 Å². The molecule has 0 bridgehead atoms. The molecule has 0 radical (unpaired) electrons. The number of allylic oxidation sites excluding steroid dienone is 2. The van der Waals surface area contributed by atoms with E-state index < -0.39 is 5.97 Å². The molecule has 0 saturated carbocycles. The van der Waals surface area contributed by atoms with Gasteiger partial charge in [0.15, 0.2) is 0 Å². The minimum Gasteiger partial charge on any atom is -0.478 e. The van der Waals surface area contributed by atoms with Crippen molar-refractivity contribution in [1.82, 2.24) is 9.97 Å². The number of aromatic carboxylic acids is 1. The van der Waals surface area contributed by atoms with Crippen molar-refractivity contribution in [2.45, 2.75) is 20.8 Å². The lowest BCUT2D eigenvalue weighted by molar-refractivity contribution is 0.0696. The van der Waals surface area contributed by atoms with Crippen LogP contribution in [0.15, 0.2) is 61.1 Å². The van der Waals surface area contributed by atoms with Gasteiger partial charge < -0.3 is 5.11 Å². The highest BCUT2D eigenvalue weighted by Crippen LogP contribution is 2.33. The first-order valence-corrected chi connectivity index (χ1v) is 7.85. The van der Waals surface area contributed by atoms with Crippen LogP contribution >= 0.6 is 11.6 Å². The van der Waals surface area contributed by atoms with Crippen LogP contribution in [0.5, 0.6) is 0 Å². The summed E-state index contributed by atoms with van der Waals surface area (Å²) in [7, 11) is 0. The molecule has 0 unspecified atom stereocenters. The summed E-state index contributed by atoms with van der Waals surface area (Å²) >= 11 is 6.26. The van der Waals surface area contributed by atoms with Crippen LogP contribution in [0, 0.1) is 0 Å². The number of anilines is 2. The lowest BCUT2D eigenvalue weighted by Gasteiger charge is -2.24. The number of rotatable bonds is 5. The second-order valence-corrected chi connectivity index (χ2v) is 4.69. The fraction of sp³-hybridized carbons (Fsp3) is 0.167. The van der Waals surface area contributed by atoms with E-state index in [0.717, 1.165) is 5.70 Å². The molecular formula is C18H20ClN3O2. The maximum Gasteiger partial charge on any atom is 0.338 e. The van der Waals surface area contributed by atoms with Gasteiger partial charge in [-0.3, -0.25) is 4.90 Å². The molecule has 2 aromatic rings. The molecule has 2 rings (SSSR count). The molecule has 0 aliphatic carbocycles. The van der Waals surface area contributed by atoms with Gasteiger partial charge in [-0.05, 0) is 25.1 Å². The van der Waals surface area contributed by atoms with Gasteiger partial charge in [0.1, 0.15) is 0 Å². The lowest BCUT2D eigenvalue weighted by Crippen LogP contribution is -2.18. The number of carboxylic acid groups (broad SMARTS) is 1. The highest BCUT2D eigenvalue weighted by atomic mass is 35.5. The van der Waals surface area contributed by atoms with Gasteiger partial charge in [0.25, 0.3) is 0 Å². The number of carboxylic acids is 1. The number of aromatic nitrogens is 2. The van der Waals surface area contributed by atoms with Gasteiger partial charge in [0, 0.05) is 18.1 Å². The van der Waals surface area contributed by atoms with Crippen LogP contribution in [0.3, 0.4) is 0 Å². The molecule has 126 valence electrons. The first-order chi connectivity index (χ1) is 11.6. The summed E-state index contributed by atoms with van der Waals surface area (Å²) in [4.78, 5) is 20.9. The van der Waals surface area contributed by atoms with E-state index in [1.807, 2.05) is 45.0 Å². The van der Waals surface area contributed by atoms with E-state index in [9.17, 15) is 4.79 Å². The topological polar surface area (TPSA) is 66.3 Å². The summed E-state index contributed by atoms with van der Waals surface area (Å²) in [5.74, 6) is -0.767. The summed E-state index contributed by atoms with van der Waals surface area (Å²) in [5.41, 5.74) is 1.43. The number of nitrogens with zero attached hydrogens (tertiary/aromatic N) is 3. The van der Waals surface area contributed by atoms with Crippen LogP contribution in [0.2, 0.25) is 5.02 Å². The molecule has 0 saturated heterocycles. The zero-order chi connectivity index (χ0) is 18.1.